The Labute approximate surface area is 149 Å². The zero-order chi connectivity index (χ0) is 18.1. The second kappa shape index (κ2) is 9.81. The Balaban J connectivity index is 1.68. The van der Waals surface area contributed by atoms with Crippen LogP contribution in [-0.4, -0.2) is 49.8 Å². The first kappa shape index (κ1) is 19.0. The van der Waals surface area contributed by atoms with E-state index in [4.69, 9.17) is 9.84 Å². The third-order valence-electron chi connectivity index (χ3n) is 3.85. The van der Waals surface area contributed by atoms with E-state index < -0.39 is 5.97 Å². The molecule has 0 atom stereocenters. The summed E-state index contributed by atoms with van der Waals surface area (Å²) in [5, 5.41) is 12.3. The molecule has 0 bridgehead atoms. The predicted molar refractivity (Wildman–Crippen MR) is 99.3 cm³/mol. The fourth-order valence-electron chi connectivity index (χ4n) is 2.33. The minimum absolute atomic E-state index is 0.316. The standard InChI is InChI=1S/C20H26N2O3/c1-22(2)13-14-25-19-9-5-16(6-10-19)11-12-21-15-17-3-7-18(8-4-17)20(23)24/h3-10,21H,11-15H2,1-2H3,(H,23,24). The van der Waals surface area contributed by atoms with Gasteiger partial charge in [0.2, 0.25) is 0 Å². The lowest BCUT2D eigenvalue weighted by atomic mass is 10.1. The van der Waals surface area contributed by atoms with E-state index in [2.05, 4.69) is 22.3 Å². The Morgan fingerprint density at radius 1 is 1.04 bits per heavy atom. The van der Waals surface area contributed by atoms with Crippen molar-refractivity contribution in [3.63, 3.8) is 0 Å². The average Bonchev–Trinajstić information content (AvgIpc) is 2.60. The Morgan fingerprint density at radius 3 is 2.28 bits per heavy atom. The van der Waals surface area contributed by atoms with Crippen LogP contribution in [0.3, 0.4) is 0 Å². The second-order valence-electron chi connectivity index (χ2n) is 6.22. The quantitative estimate of drug-likeness (QED) is 0.650. The van der Waals surface area contributed by atoms with Crippen LogP contribution in [-0.2, 0) is 13.0 Å². The van der Waals surface area contributed by atoms with E-state index in [0.717, 1.165) is 37.4 Å². The molecular formula is C20H26N2O3. The van der Waals surface area contributed by atoms with E-state index in [1.807, 2.05) is 38.4 Å². The predicted octanol–water partition coefficient (Wildman–Crippen LogP) is 2.66. The fraction of sp³-hybridized carbons (Fsp3) is 0.350. The van der Waals surface area contributed by atoms with E-state index in [1.165, 1.54) is 5.56 Å². The van der Waals surface area contributed by atoms with Crippen molar-refractivity contribution in [2.24, 2.45) is 0 Å². The maximum Gasteiger partial charge on any atom is 0.335 e. The van der Waals surface area contributed by atoms with E-state index in [-0.39, 0.29) is 0 Å². The van der Waals surface area contributed by atoms with Gasteiger partial charge in [0, 0.05) is 13.1 Å². The number of benzene rings is 2. The molecule has 5 heteroatoms. The smallest absolute Gasteiger partial charge is 0.335 e. The fourth-order valence-corrected chi connectivity index (χ4v) is 2.33. The summed E-state index contributed by atoms with van der Waals surface area (Å²) in [6, 6.07) is 15.2. The van der Waals surface area contributed by atoms with E-state index in [9.17, 15) is 4.79 Å². The Hall–Kier alpha value is -2.37. The number of carboxylic acids is 1. The first-order valence-electron chi connectivity index (χ1n) is 8.44. The maximum absolute atomic E-state index is 10.8. The summed E-state index contributed by atoms with van der Waals surface area (Å²) in [6.45, 7) is 3.18. The molecule has 0 radical (unpaired) electrons. The zero-order valence-electron chi connectivity index (χ0n) is 14.9. The number of nitrogens with zero attached hydrogens (tertiary/aromatic N) is 1. The van der Waals surface area contributed by atoms with Crippen LogP contribution in [0.25, 0.3) is 0 Å². The maximum atomic E-state index is 10.8. The van der Waals surface area contributed by atoms with Crippen molar-refractivity contribution in [2.75, 3.05) is 33.8 Å². The first-order chi connectivity index (χ1) is 12.0. The van der Waals surface area contributed by atoms with Crippen molar-refractivity contribution in [1.82, 2.24) is 10.2 Å². The van der Waals surface area contributed by atoms with Gasteiger partial charge >= 0.3 is 5.97 Å². The molecule has 2 rings (SSSR count). The monoisotopic (exact) mass is 342 g/mol. The summed E-state index contributed by atoms with van der Waals surface area (Å²) in [4.78, 5) is 12.9. The summed E-state index contributed by atoms with van der Waals surface area (Å²) in [5.41, 5.74) is 2.65. The van der Waals surface area contributed by atoms with Gasteiger partial charge in [0.15, 0.2) is 0 Å². The van der Waals surface area contributed by atoms with Crippen LogP contribution in [0.4, 0.5) is 0 Å². The molecule has 2 aromatic rings. The highest BCUT2D eigenvalue weighted by atomic mass is 16.5. The van der Waals surface area contributed by atoms with Gasteiger partial charge in [-0.1, -0.05) is 24.3 Å². The van der Waals surface area contributed by atoms with Crippen LogP contribution in [0.15, 0.2) is 48.5 Å². The lowest BCUT2D eigenvalue weighted by Gasteiger charge is -2.11. The largest absolute Gasteiger partial charge is 0.492 e. The summed E-state index contributed by atoms with van der Waals surface area (Å²) in [6.07, 6.45) is 0.936. The normalized spacial score (nSPS) is 10.8. The van der Waals surface area contributed by atoms with Gasteiger partial charge in [0.25, 0.3) is 0 Å². The minimum atomic E-state index is -0.895. The van der Waals surface area contributed by atoms with Gasteiger partial charge in [-0.3, -0.25) is 0 Å². The lowest BCUT2D eigenvalue weighted by molar-refractivity contribution is 0.0697. The van der Waals surface area contributed by atoms with Gasteiger partial charge < -0.3 is 20.1 Å². The van der Waals surface area contributed by atoms with E-state index in [0.29, 0.717) is 12.2 Å². The number of hydrogen-bond acceptors (Lipinski definition) is 4. The van der Waals surface area contributed by atoms with Crippen LogP contribution in [0.5, 0.6) is 5.75 Å². The average molecular weight is 342 g/mol. The van der Waals surface area contributed by atoms with Gasteiger partial charge in [0.05, 0.1) is 5.56 Å². The van der Waals surface area contributed by atoms with Crippen molar-refractivity contribution < 1.29 is 14.6 Å². The van der Waals surface area contributed by atoms with Crippen molar-refractivity contribution in [2.45, 2.75) is 13.0 Å². The van der Waals surface area contributed by atoms with Crippen LogP contribution in [0.1, 0.15) is 21.5 Å². The highest BCUT2D eigenvalue weighted by Crippen LogP contribution is 2.12. The molecule has 2 aromatic carbocycles. The third-order valence-corrected chi connectivity index (χ3v) is 3.85. The molecule has 0 aromatic heterocycles. The molecule has 134 valence electrons. The summed E-state index contributed by atoms with van der Waals surface area (Å²) < 4.78 is 5.68. The molecule has 0 aliphatic heterocycles. The molecule has 0 saturated heterocycles. The highest BCUT2D eigenvalue weighted by Gasteiger charge is 2.01. The Bertz CT molecular complexity index is 652. The second-order valence-corrected chi connectivity index (χ2v) is 6.22. The van der Waals surface area contributed by atoms with Crippen LogP contribution in [0, 0.1) is 0 Å². The molecule has 0 unspecified atom stereocenters. The number of nitrogens with one attached hydrogen (secondary N) is 1. The number of hydrogen-bond donors (Lipinski definition) is 2. The zero-order valence-corrected chi connectivity index (χ0v) is 14.9. The highest BCUT2D eigenvalue weighted by molar-refractivity contribution is 5.87. The Morgan fingerprint density at radius 2 is 1.68 bits per heavy atom. The molecule has 0 aliphatic rings. The van der Waals surface area contributed by atoms with E-state index >= 15 is 0 Å². The molecule has 5 nitrogen and oxygen atoms in total. The molecule has 0 spiro atoms. The van der Waals surface area contributed by atoms with Crippen molar-refractivity contribution in [3.05, 3.63) is 65.2 Å². The number of ether oxygens (including phenoxy) is 1. The number of likely N-dealkylation sites (N-methyl/N-ethyl adjacent to an activating group) is 1. The van der Waals surface area contributed by atoms with Crippen LogP contribution < -0.4 is 10.1 Å². The number of carbonyl (C=O) groups is 1. The lowest BCUT2D eigenvalue weighted by Crippen LogP contribution is -2.19. The van der Waals surface area contributed by atoms with Crippen molar-refractivity contribution >= 4 is 5.97 Å². The van der Waals surface area contributed by atoms with Crippen LogP contribution >= 0.6 is 0 Å². The molecule has 0 heterocycles. The molecule has 0 aliphatic carbocycles. The van der Waals surface area contributed by atoms with Gasteiger partial charge in [-0.15, -0.1) is 0 Å². The van der Waals surface area contributed by atoms with Crippen molar-refractivity contribution in [3.8, 4) is 5.75 Å². The summed E-state index contributed by atoms with van der Waals surface area (Å²) in [7, 11) is 4.06. The minimum Gasteiger partial charge on any atom is -0.492 e. The van der Waals surface area contributed by atoms with Gasteiger partial charge in [-0.2, -0.15) is 0 Å². The van der Waals surface area contributed by atoms with Gasteiger partial charge in [-0.05, 0) is 62.5 Å². The van der Waals surface area contributed by atoms with Crippen molar-refractivity contribution in [1.29, 1.82) is 0 Å². The topological polar surface area (TPSA) is 61.8 Å². The molecule has 25 heavy (non-hydrogen) atoms. The molecule has 0 saturated carbocycles. The SMILES string of the molecule is CN(C)CCOc1ccc(CCNCc2ccc(C(=O)O)cc2)cc1. The van der Waals surface area contributed by atoms with E-state index in [1.54, 1.807) is 12.1 Å². The summed E-state index contributed by atoms with van der Waals surface area (Å²) in [5.74, 6) is 0.00531. The molecule has 0 fully saturated rings. The molecule has 2 N–H and O–H groups in total. The van der Waals surface area contributed by atoms with Gasteiger partial charge in [-0.25, -0.2) is 4.79 Å². The Kier molecular flexibility index (Phi) is 7.44. The molecule has 0 amide bonds. The third kappa shape index (κ3) is 6.95. The number of carboxylic acid groups (broad SMARTS) is 1. The number of rotatable bonds is 10. The van der Waals surface area contributed by atoms with Gasteiger partial charge in [0.1, 0.15) is 12.4 Å². The number of aromatic carboxylic acids is 1. The summed E-state index contributed by atoms with van der Waals surface area (Å²) >= 11 is 0. The molecular weight excluding hydrogens is 316 g/mol. The first-order valence-corrected chi connectivity index (χ1v) is 8.44. The van der Waals surface area contributed by atoms with Crippen LogP contribution in [0.2, 0.25) is 0 Å².